The summed E-state index contributed by atoms with van der Waals surface area (Å²) in [6.07, 6.45) is -2.37. The van der Waals surface area contributed by atoms with Crippen LogP contribution < -0.4 is 0 Å². The average molecular weight is 872 g/mol. The summed E-state index contributed by atoms with van der Waals surface area (Å²) in [6, 6.07) is 59.3. The molecule has 0 spiro atoms. The van der Waals surface area contributed by atoms with Gasteiger partial charge in [0.05, 0.1) is 44.9 Å². The van der Waals surface area contributed by atoms with Gasteiger partial charge in [0.25, 0.3) is 0 Å². The maximum absolute atomic E-state index is 14.2. The Morgan fingerprint density at radius 3 is 1.37 bits per heavy atom. The van der Waals surface area contributed by atoms with Crippen molar-refractivity contribution in [2.45, 2.75) is 102 Å². The molecular weight excluding hydrogens is 811 g/mol. The van der Waals surface area contributed by atoms with Crippen molar-refractivity contribution in [1.82, 2.24) is 0 Å². The minimum Gasteiger partial charge on any atom is -0.458 e. The summed E-state index contributed by atoms with van der Waals surface area (Å²) in [4.78, 5) is 19.4. The number of ether oxygens (including phenoxy) is 6. The normalized spacial score (nSPS) is 18.9. The molecule has 6 aromatic rings. The lowest BCUT2D eigenvalue weighted by atomic mass is 9.89. The molecule has 1 fully saturated rings. The van der Waals surface area contributed by atoms with Crippen LogP contribution in [0.1, 0.15) is 67.0 Å². The second-order valence-corrected chi connectivity index (χ2v) is 17.4. The molecule has 6 atom stereocenters. The quantitative estimate of drug-likeness (QED) is 0.0404. The number of nitrogens with zero attached hydrogens (tertiary/aromatic N) is 1. The summed E-state index contributed by atoms with van der Waals surface area (Å²) in [5.74, 6) is -0.435. The predicted molar refractivity (Wildman–Crippen MR) is 256 cm³/mol. The Kier molecular flexibility index (Phi) is 17.2. The first-order valence-electron chi connectivity index (χ1n) is 22.5. The molecule has 336 valence electrons. The van der Waals surface area contributed by atoms with Gasteiger partial charge in [-0.05, 0) is 49.4 Å². The lowest BCUT2D eigenvalue weighted by Gasteiger charge is -2.46. The van der Waals surface area contributed by atoms with E-state index in [9.17, 15) is 4.79 Å². The largest absolute Gasteiger partial charge is 0.458 e. The first-order valence-corrected chi connectivity index (χ1v) is 22.5. The number of esters is 1. The Hall–Kier alpha value is -6.00. The van der Waals surface area contributed by atoms with Crippen molar-refractivity contribution >= 4 is 11.7 Å². The standard InChI is InChI=1S/C57H61NO7/c1-42(35-49(56(59)65-57(2,3)4)58-52(47-31-19-9-20-32-47)48-33-21-10-22-34-48)36-50-53(61-38-44-25-13-6-14-26-44)55(63-40-46-29-17-8-18-30-46)54(62-39-45-27-15-7-16-28-45)51(64-50)41-60-37-43-23-11-5-12-24-43/h5-34,49-51,53-55H,1,35-41H2,2-4H3/t49-,50+,51+,53-,54+,55+/m0/s1. The highest BCUT2D eigenvalue weighted by molar-refractivity contribution is 6.13. The fourth-order valence-electron chi connectivity index (χ4n) is 7.91. The third kappa shape index (κ3) is 14.5. The van der Waals surface area contributed by atoms with E-state index in [0.717, 1.165) is 39.0 Å². The Morgan fingerprint density at radius 2 is 0.938 bits per heavy atom. The molecule has 1 aliphatic rings. The molecule has 8 nitrogen and oxygen atoms in total. The summed E-state index contributed by atoms with van der Waals surface area (Å²) in [5.41, 5.74) is 6.59. The van der Waals surface area contributed by atoms with Crippen LogP contribution in [0, 0.1) is 0 Å². The van der Waals surface area contributed by atoms with Crippen LogP contribution in [0.5, 0.6) is 0 Å². The van der Waals surface area contributed by atoms with Gasteiger partial charge in [-0.25, -0.2) is 4.79 Å². The van der Waals surface area contributed by atoms with E-state index in [1.807, 2.05) is 191 Å². The predicted octanol–water partition coefficient (Wildman–Crippen LogP) is 11.3. The summed E-state index contributed by atoms with van der Waals surface area (Å²) in [6.45, 7) is 11.8. The number of carbonyl (C=O) groups is 1. The van der Waals surface area contributed by atoms with Gasteiger partial charge in [0.1, 0.15) is 30.0 Å². The molecule has 0 bridgehead atoms. The van der Waals surface area contributed by atoms with E-state index in [2.05, 4.69) is 18.7 Å². The lowest BCUT2D eigenvalue weighted by Crippen LogP contribution is -2.61. The fourth-order valence-corrected chi connectivity index (χ4v) is 7.91. The van der Waals surface area contributed by atoms with Crippen molar-refractivity contribution in [3.8, 4) is 0 Å². The topological polar surface area (TPSA) is 84.8 Å². The number of carbonyl (C=O) groups excluding carboxylic acids is 1. The van der Waals surface area contributed by atoms with Crippen LogP contribution in [-0.2, 0) is 59.6 Å². The van der Waals surface area contributed by atoms with Gasteiger partial charge in [0.15, 0.2) is 6.04 Å². The molecule has 1 heterocycles. The maximum atomic E-state index is 14.2. The maximum Gasteiger partial charge on any atom is 0.331 e. The van der Waals surface area contributed by atoms with Crippen LogP contribution in [0.25, 0.3) is 0 Å². The Labute approximate surface area is 384 Å². The molecule has 6 aromatic carbocycles. The van der Waals surface area contributed by atoms with Gasteiger partial charge < -0.3 is 28.4 Å². The van der Waals surface area contributed by atoms with Crippen LogP contribution in [0.3, 0.4) is 0 Å². The smallest absolute Gasteiger partial charge is 0.331 e. The lowest BCUT2D eigenvalue weighted by molar-refractivity contribution is -0.272. The van der Waals surface area contributed by atoms with Crippen molar-refractivity contribution in [3.05, 3.63) is 228 Å². The fraction of sp³-hybridized carbons (Fsp3) is 0.298. The van der Waals surface area contributed by atoms with Gasteiger partial charge in [0, 0.05) is 17.5 Å². The zero-order valence-corrected chi connectivity index (χ0v) is 37.7. The number of aliphatic imine (C=N–C) groups is 1. The number of hydrogen-bond donors (Lipinski definition) is 0. The van der Waals surface area contributed by atoms with Gasteiger partial charge in [-0.2, -0.15) is 0 Å². The van der Waals surface area contributed by atoms with E-state index < -0.39 is 48.1 Å². The Balaban J connectivity index is 1.24. The van der Waals surface area contributed by atoms with Crippen LogP contribution in [0.15, 0.2) is 199 Å². The SMILES string of the molecule is C=C(C[C@H](N=C(c1ccccc1)c1ccccc1)C(=O)OC(C)(C)C)C[C@H]1O[C@H](COCc2ccccc2)[C@@H](OCc2ccccc2)[C@H](OCc2ccccc2)[C@H]1OCc1ccccc1. The van der Waals surface area contributed by atoms with Gasteiger partial charge in [-0.1, -0.05) is 194 Å². The van der Waals surface area contributed by atoms with Crippen molar-refractivity contribution in [3.63, 3.8) is 0 Å². The molecule has 0 aromatic heterocycles. The van der Waals surface area contributed by atoms with Crippen LogP contribution in [0.2, 0.25) is 0 Å². The van der Waals surface area contributed by atoms with Gasteiger partial charge >= 0.3 is 5.97 Å². The number of rotatable bonds is 21. The number of hydrogen-bond acceptors (Lipinski definition) is 8. The zero-order valence-electron chi connectivity index (χ0n) is 37.7. The van der Waals surface area contributed by atoms with E-state index in [4.69, 9.17) is 33.4 Å². The van der Waals surface area contributed by atoms with E-state index in [1.54, 1.807) is 0 Å². The molecule has 65 heavy (non-hydrogen) atoms. The monoisotopic (exact) mass is 871 g/mol. The third-order valence-corrected chi connectivity index (χ3v) is 11.0. The highest BCUT2D eigenvalue weighted by atomic mass is 16.6. The second-order valence-electron chi connectivity index (χ2n) is 17.4. The van der Waals surface area contributed by atoms with E-state index in [-0.39, 0.29) is 13.0 Å². The summed E-state index contributed by atoms with van der Waals surface area (Å²) in [5, 5.41) is 0. The summed E-state index contributed by atoms with van der Waals surface area (Å²) >= 11 is 0. The van der Waals surface area contributed by atoms with Crippen LogP contribution >= 0.6 is 0 Å². The van der Waals surface area contributed by atoms with Crippen molar-refractivity contribution < 1.29 is 33.2 Å². The molecule has 0 amide bonds. The Morgan fingerprint density at radius 1 is 0.554 bits per heavy atom. The molecule has 1 saturated heterocycles. The van der Waals surface area contributed by atoms with Crippen molar-refractivity contribution in [2.24, 2.45) is 4.99 Å². The van der Waals surface area contributed by atoms with Gasteiger partial charge in [-0.3, -0.25) is 4.99 Å². The molecule has 7 rings (SSSR count). The number of benzene rings is 6. The summed E-state index contributed by atoms with van der Waals surface area (Å²) in [7, 11) is 0. The molecule has 0 aliphatic carbocycles. The molecule has 1 aliphatic heterocycles. The minimum absolute atomic E-state index is 0.210. The molecule has 0 saturated carbocycles. The molecule has 0 radical (unpaired) electrons. The van der Waals surface area contributed by atoms with Crippen molar-refractivity contribution in [1.29, 1.82) is 0 Å². The molecular formula is C57H61NO7. The molecule has 8 heteroatoms. The van der Waals surface area contributed by atoms with Crippen LogP contribution in [-0.4, -0.2) is 60.5 Å². The highest BCUT2D eigenvalue weighted by Gasteiger charge is 2.48. The molecule has 0 N–H and O–H groups in total. The highest BCUT2D eigenvalue weighted by Crippen LogP contribution is 2.34. The summed E-state index contributed by atoms with van der Waals surface area (Å²) < 4.78 is 40.5. The zero-order chi connectivity index (χ0) is 45.3. The third-order valence-electron chi connectivity index (χ3n) is 11.0. The first kappa shape index (κ1) is 47.0. The Bertz CT molecular complexity index is 2310. The van der Waals surface area contributed by atoms with Crippen molar-refractivity contribution in [2.75, 3.05) is 6.61 Å². The van der Waals surface area contributed by atoms with Gasteiger partial charge in [-0.15, -0.1) is 0 Å². The van der Waals surface area contributed by atoms with E-state index in [0.29, 0.717) is 38.6 Å². The van der Waals surface area contributed by atoms with E-state index >= 15 is 0 Å². The average Bonchev–Trinajstić information content (AvgIpc) is 3.32. The molecule has 0 unspecified atom stereocenters. The minimum atomic E-state index is -0.901. The second kappa shape index (κ2) is 23.8. The van der Waals surface area contributed by atoms with Crippen LogP contribution in [0.4, 0.5) is 0 Å². The van der Waals surface area contributed by atoms with Gasteiger partial charge in [0.2, 0.25) is 0 Å². The first-order chi connectivity index (χ1) is 31.7. The van der Waals surface area contributed by atoms with E-state index in [1.165, 1.54) is 0 Å².